The molecule has 0 saturated carbocycles. The average molecular weight is 321 g/mol. The molecule has 0 radical (unpaired) electrons. The lowest BCUT2D eigenvalue weighted by molar-refractivity contribution is -0.138. The van der Waals surface area contributed by atoms with E-state index in [1.807, 2.05) is 24.3 Å². The number of hydrogen-bond acceptors (Lipinski definition) is 3. The number of rotatable bonds is 7. The summed E-state index contributed by atoms with van der Waals surface area (Å²) in [6.45, 7) is 7.66. The van der Waals surface area contributed by atoms with Gasteiger partial charge in [-0.3, -0.25) is 4.79 Å². The molecule has 2 rings (SSSR count). The van der Waals surface area contributed by atoms with Crippen LogP contribution in [0.25, 0.3) is 0 Å². The summed E-state index contributed by atoms with van der Waals surface area (Å²) in [4.78, 5) is 11.3. The van der Waals surface area contributed by atoms with Gasteiger partial charge in [-0.05, 0) is 29.7 Å². The highest BCUT2D eigenvalue weighted by molar-refractivity contribution is 5.76. The molecule has 1 aromatic carbocycles. The van der Waals surface area contributed by atoms with Crippen LogP contribution in [0.3, 0.4) is 0 Å². The maximum atomic E-state index is 11.3. The largest absolute Gasteiger partial charge is 0.481 e. The van der Waals surface area contributed by atoms with E-state index in [1.54, 1.807) is 24.3 Å². The maximum Gasteiger partial charge on any atom is 0.314 e. The summed E-state index contributed by atoms with van der Waals surface area (Å²) in [5.41, 5.74) is 0.917. The summed E-state index contributed by atoms with van der Waals surface area (Å²) >= 11 is 0. The first kappa shape index (κ1) is 17.5. The predicted octanol–water partition coefficient (Wildman–Crippen LogP) is 3.53. The van der Waals surface area contributed by atoms with Crippen LogP contribution >= 0.6 is 0 Å². The molecule has 0 aliphatic heterocycles. The molecule has 0 bridgehead atoms. The van der Waals surface area contributed by atoms with E-state index in [-0.39, 0.29) is 12.2 Å². The number of allylic oxidation sites excluding steroid dienone is 1. The Morgan fingerprint density at radius 1 is 1.38 bits per heavy atom. The number of nitriles is 1. The minimum atomic E-state index is -1.12. The summed E-state index contributed by atoms with van der Waals surface area (Å²) in [6, 6.07) is 9.73. The minimum Gasteiger partial charge on any atom is -0.481 e. The molecule has 0 fully saturated rings. The van der Waals surface area contributed by atoms with Crippen LogP contribution in [0.5, 0.6) is 0 Å². The molecule has 1 aromatic rings. The molecule has 0 amide bonds. The zero-order valence-electron chi connectivity index (χ0n) is 13.3. The van der Waals surface area contributed by atoms with Gasteiger partial charge in [0.1, 0.15) is 5.60 Å². The van der Waals surface area contributed by atoms with Crippen molar-refractivity contribution >= 4 is 5.97 Å². The third kappa shape index (κ3) is 3.22. The molecule has 1 aliphatic rings. The molecule has 24 heavy (non-hydrogen) atoms. The first-order valence-electron chi connectivity index (χ1n) is 7.57. The zero-order valence-corrected chi connectivity index (χ0v) is 13.3. The molecule has 0 spiro atoms. The Balaban J connectivity index is 2.64. The number of nitrogens with zero attached hydrogens (tertiary/aromatic N) is 1. The van der Waals surface area contributed by atoms with Gasteiger partial charge >= 0.3 is 5.97 Å². The van der Waals surface area contributed by atoms with Crippen LogP contribution in [0.1, 0.15) is 11.1 Å². The molecule has 0 aromatic heterocycles. The van der Waals surface area contributed by atoms with Gasteiger partial charge in [0.2, 0.25) is 0 Å². The van der Waals surface area contributed by atoms with E-state index in [9.17, 15) is 15.2 Å². The highest BCUT2D eigenvalue weighted by atomic mass is 16.5. The van der Waals surface area contributed by atoms with E-state index in [0.717, 1.165) is 11.1 Å². The fraction of sp³-hybridized carbons (Fsp3) is 0.200. The number of carboxylic acid groups (broad SMARTS) is 1. The number of aliphatic carboxylic acids is 1. The third-order valence-corrected chi connectivity index (χ3v) is 3.90. The number of carboxylic acids is 1. The van der Waals surface area contributed by atoms with E-state index >= 15 is 0 Å². The second-order valence-electron chi connectivity index (χ2n) is 5.40. The topological polar surface area (TPSA) is 70.3 Å². The quantitative estimate of drug-likeness (QED) is 0.780. The first-order valence-corrected chi connectivity index (χ1v) is 7.57. The summed E-state index contributed by atoms with van der Waals surface area (Å²) in [7, 11) is 0. The lowest BCUT2D eigenvalue weighted by atomic mass is 9.77. The van der Waals surface area contributed by atoms with Crippen molar-refractivity contribution in [2.45, 2.75) is 12.0 Å². The fourth-order valence-corrected chi connectivity index (χ4v) is 2.81. The van der Waals surface area contributed by atoms with Gasteiger partial charge in [0.25, 0.3) is 0 Å². The Morgan fingerprint density at radius 2 is 2.12 bits per heavy atom. The van der Waals surface area contributed by atoms with E-state index in [1.165, 1.54) is 6.08 Å². The van der Waals surface area contributed by atoms with Crippen LogP contribution < -0.4 is 0 Å². The average Bonchev–Trinajstić information content (AvgIpc) is 2.60. The van der Waals surface area contributed by atoms with Crippen molar-refractivity contribution in [3.05, 3.63) is 84.5 Å². The molecule has 4 nitrogen and oxygen atoms in total. The van der Waals surface area contributed by atoms with Crippen LogP contribution in [0.2, 0.25) is 0 Å². The van der Waals surface area contributed by atoms with Gasteiger partial charge < -0.3 is 9.84 Å². The summed E-state index contributed by atoms with van der Waals surface area (Å²) in [6.07, 6.45) is 8.65. The molecule has 0 saturated heterocycles. The highest BCUT2D eigenvalue weighted by Gasteiger charge is 2.40. The van der Waals surface area contributed by atoms with E-state index in [2.05, 4.69) is 19.2 Å². The summed E-state index contributed by atoms with van der Waals surface area (Å²) < 4.78 is 6.00. The Labute approximate surface area is 141 Å². The number of benzene rings is 1. The van der Waals surface area contributed by atoms with E-state index < -0.39 is 17.5 Å². The number of carbonyl (C=O) groups is 1. The van der Waals surface area contributed by atoms with E-state index in [0.29, 0.717) is 6.42 Å². The van der Waals surface area contributed by atoms with Crippen LogP contribution in [0, 0.1) is 17.2 Å². The van der Waals surface area contributed by atoms with E-state index in [4.69, 9.17) is 4.74 Å². The molecule has 2 atom stereocenters. The Kier molecular flexibility index (Phi) is 5.51. The Morgan fingerprint density at radius 3 is 2.75 bits per heavy atom. The molecule has 2 unspecified atom stereocenters. The Hall–Kier alpha value is -2.90. The van der Waals surface area contributed by atoms with Crippen LogP contribution in [-0.2, 0) is 21.6 Å². The SMILES string of the molecule is C=CCOC1(c2ccccc2CC=C)C=CC(C(=O)O)C=C1C#N. The van der Waals surface area contributed by atoms with Gasteiger partial charge in [-0.25, -0.2) is 0 Å². The minimum absolute atomic E-state index is 0.226. The summed E-state index contributed by atoms with van der Waals surface area (Å²) in [5, 5.41) is 18.9. The molecule has 1 aliphatic carbocycles. The van der Waals surface area contributed by atoms with Crippen molar-refractivity contribution in [2.75, 3.05) is 6.61 Å². The fourth-order valence-electron chi connectivity index (χ4n) is 2.81. The molecule has 4 heteroatoms. The lowest BCUT2D eigenvalue weighted by Crippen LogP contribution is -2.34. The van der Waals surface area contributed by atoms with Crippen molar-refractivity contribution in [3.63, 3.8) is 0 Å². The Bertz CT molecular complexity index is 754. The van der Waals surface area contributed by atoms with Crippen molar-refractivity contribution in [1.29, 1.82) is 5.26 Å². The first-order chi connectivity index (χ1) is 11.6. The van der Waals surface area contributed by atoms with Crippen molar-refractivity contribution < 1.29 is 14.6 Å². The van der Waals surface area contributed by atoms with Gasteiger partial charge in [-0.15, -0.1) is 13.2 Å². The normalized spacial score (nSPS) is 22.3. The molecule has 1 N–H and O–H groups in total. The standard InChI is InChI=1S/C20H19NO3/c1-3-7-15-8-5-6-9-18(15)20(24-12-4-2)11-10-16(19(22)23)13-17(20)14-21/h3-6,8-11,13,16H,1-2,7,12H2,(H,22,23). The third-order valence-electron chi connectivity index (χ3n) is 3.90. The van der Waals surface area contributed by atoms with Crippen molar-refractivity contribution in [2.24, 2.45) is 5.92 Å². The number of ether oxygens (including phenoxy) is 1. The molecule has 0 heterocycles. The van der Waals surface area contributed by atoms with Crippen LogP contribution in [-0.4, -0.2) is 17.7 Å². The monoisotopic (exact) mass is 321 g/mol. The van der Waals surface area contributed by atoms with Crippen LogP contribution in [0.4, 0.5) is 0 Å². The van der Waals surface area contributed by atoms with Gasteiger partial charge in [0.15, 0.2) is 0 Å². The second-order valence-corrected chi connectivity index (χ2v) is 5.40. The molecular formula is C20H19NO3. The smallest absolute Gasteiger partial charge is 0.314 e. The lowest BCUT2D eigenvalue weighted by Gasteiger charge is -2.35. The maximum absolute atomic E-state index is 11.3. The highest BCUT2D eigenvalue weighted by Crippen LogP contribution is 2.41. The van der Waals surface area contributed by atoms with Crippen molar-refractivity contribution in [1.82, 2.24) is 0 Å². The predicted molar refractivity (Wildman–Crippen MR) is 92.1 cm³/mol. The van der Waals surface area contributed by atoms with Crippen LogP contribution in [0.15, 0.2) is 73.4 Å². The summed E-state index contributed by atoms with van der Waals surface area (Å²) in [5.74, 6) is -1.85. The molecule has 122 valence electrons. The van der Waals surface area contributed by atoms with Gasteiger partial charge in [-0.1, -0.05) is 42.5 Å². The molecular weight excluding hydrogens is 302 g/mol. The zero-order chi connectivity index (χ0) is 17.6. The van der Waals surface area contributed by atoms with Gasteiger partial charge in [0, 0.05) is 0 Å². The van der Waals surface area contributed by atoms with Gasteiger partial charge in [-0.2, -0.15) is 5.26 Å². The second kappa shape index (κ2) is 7.58. The number of hydrogen-bond donors (Lipinski definition) is 1. The van der Waals surface area contributed by atoms with Gasteiger partial charge in [0.05, 0.1) is 24.2 Å². The van der Waals surface area contributed by atoms with Crippen molar-refractivity contribution in [3.8, 4) is 6.07 Å².